The maximum atomic E-state index is 5.54. The first kappa shape index (κ1) is 10.4. The number of pyridine rings is 1. The third-order valence-corrected chi connectivity index (χ3v) is 2.85. The van der Waals surface area contributed by atoms with Crippen molar-refractivity contribution < 1.29 is 0 Å². The number of anilines is 1. The molecule has 2 N–H and O–H groups in total. The van der Waals surface area contributed by atoms with E-state index in [0.717, 1.165) is 39.3 Å². The van der Waals surface area contributed by atoms with E-state index in [2.05, 4.69) is 26.9 Å². The molecule has 0 bridgehead atoms. The minimum Gasteiger partial charge on any atom is -0.369 e. The Bertz CT molecular complexity index is 280. The van der Waals surface area contributed by atoms with Crippen molar-refractivity contribution in [1.82, 2.24) is 9.88 Å². The van der Waals surface area contributed by atoms with Crippen molar-refractivity contribution in [1.29, 1.82) is 0 Å². The van der Waals surface area contributed by atoms with Gasteiger partial charge in [-0.2, -0.15) is 0 Å². The predicted molar refractivity (Wildman–Crippen MR) is 61.9 cm³/mol. The summed E-state index contributed by atoms with van der Waals surface area (Å²) in [6, 6.07) is 4.14. The zero-order valence-corrected chi connectivity index (χ0v) is 8.97. The maximum absolute atomic E-state index is 5.54. The van der Waals surface area contributed by atoms with Crippen LogP contribution in [0, 0.1) is 0 Å². The average Bonchev–Trinajstić information content (AvgIpc) is 2.32. The Morgan fingerprint density at radius 2 is 1.80 bits per heavy atom. The van der Waals surface area contributed by atoms with E-state index < -0.39 is 0 Å². The Morgan fingerprint density at radius 1 is 1.13 bits per heavy atom. The summed E-state index contributed by atoms with van der Waals surface area (Å²) in [6.07, 6.45) is 3.70. The highest BCUT2D eigenvalue weighted by Crippen LogP contribution is 2.14. The van der Waals surface area contributed by atoms with Crippen LogP contribution in [-0.4, -0.2) is 49.2 Å². The van der Waals surface area contributed by atoms with Crippen molar-refractivity contribution in [2.24, 2.45) is 5.73 Å². The Labute approximate surface area is 90.7 Å². The van der Waals surface area contributed by atoms with E-state index in [4.69, 9.17) is 5.73 Å². The van der Waals surface area contributed by atoms with Crippen LogP contribution in [0.1, 0.15) is 0 Å². The quantitative estimate of drug-likeness (QED) is 0.765. The predicted octanol–water partition coefficient (Wildman–Crippen LogP) is 0.162. The Kier molecular flexibility index (Phi) is 3.53. The van der Waals surface area contributed by atoms with Gasteiger partial charge in [-0.3, -0.25) is 9.88 Å². The number of piperazine rings is 1. The highest BCUT2D eigenvalue weighted by Gasteiger charge is 2.15. The SMILES string of the molecule is NCCN1CCN(c2ccncc2)CC1. The Hall–Kier alpha value is -1.13. The molecule has 1 aromatic heterocycles. The standard InChI is InChI=1S/C11H18N4/c12-3-6-14-7-9-15(10-8-14)11-1-4-13-5-2-11/h1-2,4-5H,3,6-10,12H2. The summed E-state index contributed by atoms with van der Waals surface area (Å²) in [5.74, 6) is 0. The van der Waals surface area contributed by atoms with Gasteiger partial charge >= 0.3 is 0 Å². The molecule has 0 aromatic carbocycles. The molecule has 1 aliphatic rings. The lowest BCUT2D eigenvalue weighted by Crippen LogP contribution is -2.47. The molecular weight excluding hydrogens is 188 g/mol. The first-order valence-electron chi connectivity index (χ1n) is 5.47. The van der Waals surface area contributed by atoms with Crippen LogP contribution in [0.4, 0.5) is 5.69 Å². The highest BCUT2D eigenvalue weighted by atomic mass is 15.3. The van der Waals surface area contributed by atoms with Crippen LogP contribution >= 0.6 is 0 Å². The summed E-state index contributed by atoms with van der Waals surface area (Å²) in [5.41, 5.74) is 6.82. The number of nitrogens with zero attached hydrogens (tertiary/aromatic N) is 3. The fourth-order valence-corrected chi connectivity index (χ4v) is 1.97. The molecule has 1 saturated heterocycles. The molecule has 82 valence electrons. The lowest BCUT2D eigenvalue weighted by atomic mass is 10.2. The summed E-state index contributed by atoms with van der Waals surface area (Å²) in [6.45, 7) is 6.17. The number of hydrogen-bond acceptors (Lipinski definition) is 4. The second-order valence-corrected chi connectivity index (χ2v) is 3.82. The average molecular weight is 206 g/mol. The highest BCUT2D eigenvalue weighted by molar-refractivity contribution is 5.44. The van der Waals surface area contributed by atoms with Crippen LogP contribution in [0.25, 0.3) is 0 Å². The molecular formula is C11H18N4. The molecule has 2 heterocycles. The lowest BCUT2D eigenvalue weighted by Gasteiger charge is -2.35. The molecule has 4 heteroatoms. The number of rotatable bonds is 3. The second-order valence-electron chi connectivity index (χ2n) is 3.82. The van der Waals surface area contributed by atoms with Crippen LogP contribution in [0.2, 0.25) is 0 Å². The van der Waals surface area contributed by atoms with E-state index in [1.807, 2.05) is 12.4 Å². The van der Waals surface area contributed by atoms with Crippen molar-refractivity contribution in [3.8, 4) is 0 Å². The molecule has 2 rings (SSSR count). The first-order chi connectivity index (χ1) is 7.40. The van der Waals surface area contributed by atoms with Crippen LogP contribution in [0.3, 0.4) is 0 Å². The number of aromatic nitrogens is 1. The molecule has 4 nitrogen and oxygen atoms in total. The maximum Gasteiger partial charge on any atom is 0.0397 e. The molecule has 0 saturated carbocycles. The fourth-order valence-electron chi connectivity index (χ4n) is 1.97. The van der Waals surface area contributed by atoms with E-state index in [-0.39, 0.29) is 0 Å². The zero-order chi connectivity index (χ0) is 10.5. The van der Waals surface area contributed by atoms with Crippen LogP contribution in [0.15, 0.2) is 24.5 Å². The van der Waals surface area contributed by atoms with Gasteiger partial charge in [0.25, 0.3) is 0 Å². The van der Waals surface area contributed by atoms with Crippen LogP contribution in [-0.2, 0) is 0 Å². The summed E-state index contributed by atoms with van der Waals surface area (Å²) in [5, 5.41) is 0. The van der Waals surface area contributed by atoms with Crippen molar-refractivity contribution >= 4 is 5.69 Å². The summed E-state index contributed by atoms with van der Waals surface area (Å²) < 4.78 is 0. The summed E-state index contributed by atoms with van der Waals surface area (Å²) in [4.78, 5) is 8.84. The fraction of sp³-hybridized carbons (Fsp3) is 0.545. The van der Waals surface area contributed by atoms with Gasteiger partial charge in [-0.15, -0.1) is 0 Å². The number of nitrogens with two attached hydrogens (primary N) is 1. The summed E-state index contributed by atoms with van der Waals surface area (Å²) in [7, 11) is 0. The van der Waals surface area contributed by atoms with Crippen molar-refractivity contribution in [3.05, 3.63) is 24.5 Å². The minimum absolute atomic E-state index is 0.759. The van der Waals surface area contributed by atoms with Gasteiger partial charge in [-0.1, -0.05) is 0 Å². The molecule has 1 aromatic rings. The van der Waals surface area contributed by atoms with E-state index in [0.29, 0.717) is 0 Å². The molecule has 0 atom stereocenters. The van der Waals surface area contributed by atoms with Gasteiger partial charge in [0.05, 0.1) is 0 Å². The molecule has 15 heavy (non-hydrogen) atoms. The smallest absolute Gasteiger partial charge is 0.0397 e. The summed E-state index contributed by atoms with van der Waals surface area (Å²) >= 11 is 0. The zero-order valence-electron chi connectivity index (χ0n) is 8.97. The third-order valence-electron chi connectivity index (χ3n) is 2.85. The molecule has 0 aliphatic carbocycles. The van der Waals surface area contributed by atoms with E-state index in [1.54, 1.807) is 0 Å². The van der Waals surface area contributed by atoms with Gasteiger partial charge in [-0.05, 0) is 12.1 Å². The van der Waals surface area contributed by atoms with Gasteiger partial charge < -0.3 is 10.6 Å². The van der Waals surface area contributed by atoms with Crippen molar-refractivity contribution in [2.75, 3.05) is 44.2 Å². The van der Waals surface area contributed by atoms with Crippen molar-refractivity contribution in [2.45, 2.75) is 0 Å². The first-order valence-corrected chi connectivity index (χ1v) is 5.47. The molecule has 0 spiro atoms. The van der Waals surface area contributed by atoms with Gasteiger partial charge in [0.2, 0.25) is 0 Å². The Morgan fingerprint density at radius 3 is 2.40 bits per heavy atom. The van der Waals surface area contributed by atoms with E-state index in [9.17, 15) is 0 Å². The Balaban J connectivity index is 1.88. The molecule has 0 unspecified atom stereocenters. The third kappa shape index (κ3) is 2.67. The molecule has 0 amide bonds. The molecule has 1 aliphatic heterocycles. The molecule has 0 radical (unpaired) electrons. The second kappa shape index (κ2) is 5.09. The topological polar surface area (TPSA) is 45.4 Å². The van der Waals surface area contributed by atoms with Crippen molar-refractivity contribution in [3.63, 3.8) is 0 Å². The molecule has 1 fully saturated rings. The van der Waals surface area contributed by atoms with Gasteiger partial charge in [0.1, 0.15) is 0 Å². The lowest BCUT2D eigenvalue weighted by molar-refractivity contribution is 0.265. The van der Waals surface area contributed by atoms with Gasteiger partial charge in [-0.25, -0.2) is 0 Å². The van der Waals surface area contributed by atoms with Gasteiger partial charge in [0.15, 0.2) is 0 Å². The van der Waals surface area contributed by atoms with E-state index in [1.165, 1.54) is 5.69 Å². The largest absolute Gasteiger partial charge is 0.369 e. The van der Waals surface area contributed by atoms with Crippen LogP contribution < -0.4 is 10.6 Å². The minimum atomic E-state index is 0.759. The normalized spacial score (nSPS) is 18.1. The number of hydrogen-bond donors (Lipinski definition) is 1. The van der Waals surface area contributed by atoms with Crippen LogP contribution in [0.5, 0.6) is 0 Å². The van der Waals surface area contributed by atoms with E-state index >= 15 is 0 Å². The monoisotopic (exact) mass is 206 g/mol. The van der Waals surface area contributed by atoms with Gasteiger partial charge in [0, 0.05) is 57.3 Å².